The fraction of sp³-hybridized carbons (Fsp3) is 0.400. The summed E-state index contributed by atoms with van der Waals surface area (Å²) in [6.07, 6.45) is -1.48. The number of rotatable bonds is 5. The van der Waals surface area contributed by atoms with Crippen LogP contribution < -0.4 is 5.32 Å². The van der Waals surface area contributed by atoms with Gasteiger partial charge >= 0.3 is 6.18 Å². The first-order valence-corrected chi connectivity index (χ1v) is 6.70. The topological polar surface area (TPSA) is 38.1 Å². The van der Waals surface area contributed by atoms with E-state index in [0.29, 0.717) is 18.4 Å². The SMILES string of the molecule is Cc1nocc1NC(C)CCc1cccc(C(F)(F)F)c1. The molecule has 3 nitrogen and oxygen atoms in total. The summed E-state index contributed by atoms with van der Waals surface area (Å²) in [5, 5.41) is 6.99. The smallest absolute Gasteiger partial charge is 0.378 e. The van der Waals surface area contributed by atoms with Gasteiger partial charge in [-0.2, -0.15) is 13.2 Å². The zero-order chi connectivity index (χ0) is 15.5. The van der Waals surface area contributed by atoms with Gasteiger partial charge in [-0.05, 0) is 38.3 Å². The van der Waals surface area contributed by atoms with E-state index < -0.39 is 11.7 Å². The molecule has 1 aromatic heterocycles. The molecule has 0 amide bonds. The van der Waals surface area contributed by atoms with Gasteiger partial charge in [0, 0.05) is 6.04 Å². The lowest BCUT2D eigenvalue weighted by atomic mass is 10.0. The Bertz CT molecular complexity index is 593. The largest absolute Gasteiger partial charge is 0.416 e. The first kappa shape index (κ1) is 15.4. The van der Waals surface area contributed by atoms with E-state index in [-0.39, 0.29) is 6.04 Å². The fourth-order valence-corrected chi connectivity index (χ4v) is 2.05. The van der Waals surface area contributed by atoms with Gasteiger partial charge in [0.1, 0.15) is 12.0 Å². The van der Waals surface area contributed by atoms with Gasteiger partial charge in [0.2, 0.25) is 0 Å². The van der Waals surface area contributed by atoms with Crippen LogP contribution in [0.2, 0.25) is 0 Å². The van der Waals surface area contributed by atoms with Crippen LogP contribution in [-0.4, -0.2) is 11.2 Å². The monoisotopic (exact) mass is 298 g/mol. The summed E-state index contributed by atoms with van der Waals surface area (Å²) in [7, 11) is 0. The van der Waals surface area contributed by atoms with Crippen LogP contribution in [0.4, 0.5) is 18.9 Å². The van der Waals surface area contributed by atoms with Crippen molar-refractivity contribution in [1.29, 1.82) is 0 Å². The van der Waals surface area contributed by atoms with Crippen LogP contribution in [0.3, 0.4) is 0 Å². The summed E-state index contributed by atoms with van der Waals surface area (Å²) in [4.78, 5) is 0. The normalized spacial score (nSPS) is 13.2. The van der Waals surface area contributed by atoms with Gasteiger partial charge in [0.15, 0.2) is 0 Å². The van der Waals surface area contributed by atoms with Gasteiger partial charge in [-0.1, -0.05) is 23.4 Å². The van der Waals surface area contributed by atoms with Crippen LogP contribution in [0, 0.1) is 6.92 Å². The molecule has 6 heteroatoms. The molecule has 0 saturated heterocycles. The Balaban J connectivity index is 1.92. The molecule has 0 radical (unpaired) electrons. The van der Waals surface area contributed by atoms with Gasteiger partial charge in [0.05, 0.1) is 11.3 Å². The number of benzene rings is 1. The minimum atomic E-state index is -4.29. The zero-order valence-electron chi connectivity index (χ0n) is 11.9. The van der Waals surface area contributed by atoms with Crippen molar-refractivity contribution in [3.05, 3.63) is 47.3 Å². The summed E-state index contributed by atoms with van der Waals surface area (Å²) < 4.78 is 42.7. The number of hydrogen-bond acceptors (Lipinski definition) is 3. The van der Waals surface area contributed by atoms with Gasteiger partial charge < -0.3 is 9.84 Å². The van der Waals surface area contributed by atoms with E-state index in [0.717, 1.165) is 17.4 Å². The van der Waals surface area contributed by atoms with Crippen LogP contribution in [0.1, 0.15) is 30.2 Å². The molecule has 0 spiro atoms. The fourth-order valence-electron chi connectivity index (χ4n) is 2.05. The van der Waals surface area contributed by atoms with Crippen molar-refractivity contribution in [2.75, 3.05) is 5.32 Å². The maximum atomic E-state index is 12.6. The second-order valence-electron chi connectivity index (χ2n) is 5.10. The van der Waals surface area contributed by atoms with Crippen molar-refractivity contribution < 1.29 is 17.7 Å². The second-order valence-corrected chi connectivity index (χ2v) is 5.10. The van der Waals surface area contributed by atoms with Crippen molar-refractivity contribution in [3.63, 3.8) is 0 Å². The molecule has 0 bridgehead atoms. The Hall–Kier alpha value is -1.98. The molecule has 1 atom stereocenters. The van der Waals surface area contributed by atoms with E-state index in [1.54, 1.807) is 6.07 Å². The first-order valence-electron chi connectivity index (χ1n) is 6.70. The summed E-state index contributed by atoms with van der Waals surface area (Å²) in [5.74, 6) is 0. The lowest BCUT2D eigenvalue weighted by Crippen LogP contribution is -2.16. The molecule has 1 aromatic carbocycles. The van der Waals surface area contributed by atoms with Crippen molar-refractivity contribution in [2.45, 2.75) is 38.9 Å². The third-order valence-corrected chi connectivity index (χ3v) is 3.27. The lowest BCUT2D eigenvalue weighted by Gasteiger charge is -2.14. The molecular weight excluding hydrogens is 281 g/mol. The minimum Gasteiger partial charge on any atom is -0.378 e. The number of aromatic nitrogens is 1. The number of nitrogens with one attached hydrogen (secondary N) is 1. The first-order chi connectivity index (χ1) is 9.86. The van der Waals surface area contributed by atoms with E-state index in [9.17, 15) is 13.2 Å². The van der Waals surface area contributed by atoms with E-state index in [4.69, 9.17) is 4.52 Å². The Labute approximate surface area is 121 Å². The average Bonchev–Trinajstić information content (AvgIpc) is 2.81. The van der Waals surface area contributed by atoms with Crippen molar-refractivity contribution >= 4 is 5.69 Å². The highest BCUT2D eigenvalue weighted by Crippen LogP contribution is 2.29. The predicted molar refractivity (Wildman–Crippen MR) is 74.1 cm³/mol. The summed E-state index contributed by atoms with van der Waals surface area (Å²) in [6.45, 7) is 3.80. The van der Waals surface area contributed by atoms with Crippen LogP contribution in [0.25, 0.3) is 0 Å². The minimum absolute atomic E-state index is 0.109. The molecule has 0 saturated carbocycles. The molecule has 0 aliphatic carbocycles. The number of hydrogen-bond donors (Lipinski definition) is 1. The number of halogens is 3. The number of anilines is 1. The Morgan fingerprint density at radius 1 is 1.33 bits per heavy atom. The number of aryl methyl sites for hydroxylation is 2. The van der Waals surface area contributed by atoms with Gasteiger partial charge in [-0.15, -0.1) is 0 Å². The number of nitrogens with zero attached hydrogens (tertiary/aromatic N) is 1. The van der Waals surface area contributed by atoms with E-state index in [1.165, 1.54) is 18.4 Å². The van der Waals surface area contributed by atoms with Crippen molar-refractivity contribution in [2.24, 2.45) is 0 Å². The van der Waals surface area contributed by atoms with Crippen LogP contribution >= 0.6 is 0 Å². The van der Waals surface area contributed by atoms with Gasteiger partial charge in [-0.3, -0.25) is 0 Å². The maximum Gasteiger partial charge on any atom is 0.416 e. The molecule has 0 aliphatic rings. The van der Waals surface area contributed by atoms with E-state index >= 15 is 0 Å². The van der Waals surface area contributed by atoms with E-state index in [2.05, 4.69) is 10.5 Å². The van der Waals surface area contributed by atoms with Crippen LogP contribution in [0.5, 0.6) is 0 Å². The molecule has 1 unspecified atom stereocenters. The van der Waals surface area contributed by atoms with Crippen LogP contribution in [-0.2, 0) is 12.6 Å². The third-order valence-electron chi connectivity index (χ3n) is 3.27. The maximum absolute atomic E-state index is 12.6. The third kappa shape index (κ3) is 4.24. The van der Waals surface area contributed by atoms with Crippen molar-refractivity contribution in [1.82, 2.24) is 5.16 Å². The molecule has 2 aromatic rings. The lowest BCUT2D eigenvalue weighted by molar-refractivity contribution is -0.137. The highest BCUT2D eigenvalue weighted by molar-refractivity contribution is 5.44. The molecule has 2 rings (SSSR count). The van der Waals surface area contributed by atoms with E-state index in [1.807, 2.05) is 13.8 Å². The zero-order valence-corrected chi connectivity index (χ0v) is 11.9. The highest BCUT2D eigenvalue weighted by atomic mass is 19.4. The quantitative estimate of drug-likeness (QED) is 0.887. The standard InChI is InChI=1S/C15H17F3N2O/c1-10(19-14-9-21-20-11(14)2)6-7-12-4-3-5-13(8-12)15(16,17)18/h3-5,8-10,19H,6-7H2,1-2H3. The number of alkyl halides is 3. The molecule has 1 heterocycles. The second kappa shape index (κ2) is 6.20. The highest BCUT2D eigenvalue weighted by Gasteiger charge is 2.30. The van der Waals surface area contributed by atoms with Gasteiger partial charge in [-0.25, -0.2) is 0 Å². The summed E-state index contributed by atoms with van der Waals surface area (Å²) in [6, 6.07) is 5.56. The molecule has 21 heavy (non-hydrogen) atoms. The Morgan fingerprint density at radius 2 is 2.10 bits per heavy atom. The summed E-state index contributed by atoms with van der Waals surface area (Å²) >= 11 is 0. The molecule has 114 valence electrons. The molecule has 0 aliphatic heterocycles. The Kier molecular flexibility index (Phi) is 4.55. The van der Waals surface area contributed by atoms with Crippen LogP contribution in [0.15, 0.2) is 35.1 Å². The average molecular weight is 298 g/mol. The molecular formula is C15H17F3N2O. The Morgan fingerprint density at radius 3 is 2.71 bits per heavy atom. The van der Waals surface area contributed by atoms with Crippen molar-refractivity contribution in [3.8, 4) is 0 Å². The molecule has 0 fully saturated rings. The molecule has 1 N–H and O–H groups in total. The predicted octanol–water partition coefficient (Wildman–Crippen LogP) is 4.44. The van der Waals surface area contributed by atoms with Gasteiger partial charge in [0.25, 0.3) is 0 Å². The summed E-state index contributed by atoms with van der Waals surface area (Å²) in [5.41, 5.74) is 1.66.